The molecule has 2 aliphatic rings. The standard InChI is InChI=1S/C22H26N2O5S/c1-28-20-11-10-17(30(26,27)24-12-6-2-3-7-13-24)15-18(20)23-22(25)21-14-16-8-4-5-9-19(16)29-21/h4-5,8-11,15,21H,2-3,6-7,12-14H2,1H3,(H,23,25)/t21-/m0/s1. The van der Waals surface area contributed by atoms with Gasteiger partial charge in [0.05, 0.1) is 17.7 Å². The van der Waals surface area contributed by atoms with Crippen molar-refractivity contribution >= 4 is 21.6 Å². The number of carbonyl (C=O) groups is 1. The Morgan fingerprint density at radius 1 is 1.10 bits per heavy atom. The van der Waals surface area contributed by atoms with Crippen molar-refractivity contribution in [1.82, 2.24) is 4.31 Å². The molecule has 0 aliphatic carbocycles. The van der Waals surface area contributed by atoms with E-state index in [0.29, 0.717) is 36.7 Å². The third kappa shape index (κ3) is 4.15. The number of nitrogens with zero attached hydrogens (tertiary/aromatic N) is 1. The number of anilines is 1. The summed E-state index contributed by atoms with van der Waals surface area (Å²) in [6.45, 7) is 1.04. The molecule has 0 radical (unpaired) electrons. The van der Waals surface area contributed by atoms with Crippen LogP contribution in [-0.4, -0.2) is 44.9 Å². The summed E-state index contributed by atoms with van der Waals surface area (Å²) in [6, 6.07) is 12.1. The second-order valence-electron chi connectivity index (χ2n) is 7.59. The summed E-state index contributed by atoms with van der Waals surface area (Å²) < 4.78 is 38.9. The molecule has 2 aromatic carbocycles. The maximum atomic E-state index is 13.1. The minimum absolute atomic E-state index is 0.149. The summed E-state index contributed by atoms with van der Waals surface area (Å²) in [7, 11) is -2.15. The molecule has 4 rings (SSSR count). The van der Waals surface area contributed by atoms with E-state index in [-0.39, 0.29) is 10.8 Å². The van der Waals surface area contributed by atoms with E-state index in [2.05, 4.69) is 5.32 Å². The number of hydrogen-bond acceptors (Lipinski definition) is 5. The van der Waals surface area contributed by atoms with Gasteiger partial charge in [0.1, 0.15) is 11.5 Å². The van der Waals surface area contributed by atoms with E-state index in [4.69, 9.17) is 9.47 Å². The minimum atomic E-state index is -3.64. The summed E-state index contributed by atoms with van der Waals surface area (Å²) in [6.07, 6.45) is 3.60. The van der Waals surface area contributed by atoms with Crippen molar-refractivity contribution in [2.24, 2.45) is 0 Å². The molecular weight excluding hydrogens is 404 g/mol. The van der Waals surface area contributed by atoms with Crippen LogP contribution >= 0.6 is 0 Å². The van der Waals surface area contributed by atoms with Crippen molar-refractivity contribution in [3.8, 4) is 11.5 Å². The highest BCUT2D eigenvalue weighted by molar-refractivity contribution is 7.89. The average Bonchev–Trinajstić information content (AvgIpc) is 2.99. The van der Waals surface area contributed by atoms with E-state index in [9.17, 15) is 13.2 Å². The Kier molecular flexibility index (Phi) is 5.97. The fraction of sp³-hybridized carbons (Fsp3) is 0.409. The summed E-state index contributed by atoms with van der Waals surface area (Å²) in [4.78, 5) is 13.0. The van der Waals surface area contributed by atoms with Crippen molar-refractivity contribution in [2.75, 3.05) is 25.5 Å². The van der Waals surface area contributed by atoms with Crippen LogP contribution in [0.5, 0.6) is 11.5 Å². The van der Waals surface area contributed by atoms with Crippen molar-refractivity contribution in [2.45, 2.75) is 43.1 Å². The van der Waals surface area contributed by atoms with E-state index in [0.717, 1.165) is 31.2 Å². The summed E-state index contributed by atoms with van der Waals surface area (Å²) in [5, 5.41) is 2.79. The number of carbonyl (C=O) groups excluding carboxylic acids is 1. The Bertz CT molecular complexity index is 1000. The lowest BCUT2D eigenvalue weighted by atomic mass is 10.1. The zero-order valence-electron chi connectivity index (χ0n) is 17.0. The number of rotatable bonds is 5. The third-order valence-corrected chi connectivity index (χ3v) is 7.47. The van der Waals surface area contributed by atoms with E-state index >= 15 is 0 Å². The van der Waals surface area contributed by atoms with Gasteiger partial charge in [-0.05, 0) is 42.7 Å². The van der Waals surface area contributed by atoms with E-state index in [1.54, 1.807) is 6.07 Å². The molecule has 1 amide bonds. The van der Waals surface area contributed by atoms with Gasteiger partial charge in [-0.15, -0.1) is 0 Å². The molecule has 1 atom stereocenters. The smallest absolute Gasteiger partial charge is 0.265 e. The molecule has 1 fully saturated rings. The van der Waals surface area contributed by atoms with Gasteiger partial charge in [0, 0.05) is 19.5 Å². The van der Waals surface area contributed by atoms with Gasteiger partial charge in [0.2, 0.25) is 10.0 Å². The van der Waals surface area contributed by atoms with Crippen LogP contribution in [-0.2, 0) is 21.2 Å². The first kappa shape index (κ1) is 20.7. The lowest BCUT2D eigenvalue weighted by Crippen LogP contribution is -2.33. The molecule has 1 N–H and O–H groups in total. The van der Waals surface area contributed by atoms with Gasteiger partial charge in [-0.3, -0.25) is 4.79 Å². The topological polar surface area (TPSA) is 84.9 Å². The van der Waals surface area contributed by atoms with Gasteiger partial charge < -0.3 is 14.8 Å². The van der Waals surface area contributed by atoms with E-state index in [1.807, 2.05) is 24.3 Å². The quantitative estimate of drug-likeness (QED) is 0.787. The van der Waals surface area contributed by atoms with Gasteiger partial charge >= 0.3 is 0 Å². The summed E-state index contributed by atoms with van der Waals surface area (Å²) >= 11 is 0. The van der Waals surface area contributed by atoms with Gasteiger partial charge in [-0.25, -0.2) is 8.42 Å². The predicted molar refractivity (Wildman–Crippen MR) is 113 cm³/mol. The Hall–Kier alpha value is -2.58. The van der Waals surface area contributed by atoms with Crippen LogP contribution in [0.25, 0.3) is 0 Å². The third-order valence-electron chi connectivity index (χ3n) is 5.57. The molecule has 0 unspecified atom stereocenters. The highest BCUT2D eigenvalue weighted by Crippen LogP contribution is 2.32. The Balaban J connectivity index is 1.55. The number of amides is 1. The minimum Gasteiger partial charge on any atom is -0.495 e. The van der Waals surface area contributed by atoms with Gasteiger partial charge in [0.25, 0.3) is 5.91 Å². The number of para-hydroxylation sites is 1. The van der Waals surface area contributed by atoms with Crippen LogP contribution in [0, 0.1) is 0 Å². The molecule has 160 valence electrons. The molecule has 1 saturated heterocycles. The molecule has 7 nitrogen and oxygen atoms in total. The fourth-order valence-electron chi connectivity index (χ4n) is 3.92. The zero-order chi connectivity index (χ0) is 21.1. The van der Waals surface area contributed by atoms with Crippen molar-refractivity contribution in [1.29, 1.82) is 0 Å². The molecule has 30 heavy (non-hydrogen) atoms. The molecule has 2 aromatic rings. The zero-order valence-corrected chi connectivity index (χ0v) is 17.8. The summed E-state index contributed by atoms with van der Waals surface area (Å²) in [5.74, 6) is 0.754. The number of sulfonamides is 1. The Morgan fingerprint density at radius 3 is 2.53 bits per heavy atom. The molecule has 2 aliphatic heterocycles. The monoisotopic (exact) mass is 430 g/mol. The Morgan fingerprint density at radius 2 is 1.83 bits per heavy atom. The lowest BCUT2D eigenvalue weighted by Gasteiger charge is -2.21. The maximum absolute atomic E-state index is 13.1. The highest BCUT2D eigenvalue weighted by atomic mass is 32.2. The molecule has 0 bridgehead atoms. The van der Waals surface area contributed by atoms with Crippen molar-refractivity contribution in [3.05, 3.63) is 48.0 Å². The molecule has 8 heteroatoms. The first-order valence-corrected chi connectivity index (χ1v) is 11.7. The van der Waals surface area contributed by atoms with Crippen LogP contribution in [0.4, 0.5) is 5.69 Å². The predicted octanol–water partition coefficient (Wildman–Crippen LogP) is 3.20. The molecular formula is C22H26N2O5S. The number of nitrogens with one attached hydrogen (secondary N) is 1. The molecule has 0 spiro atoms. The first-order valence-electron chi connectivity index (χ1n) is 10.2. The van der Waals surface area contributed by atoms with Crippen LogP contribution in [0.1, 0.15) is 31.2 Å². The largest absolute Gasteiger partial charge is 0.495 e. The van der Waals surface area contributed by atoms with Crippen LogP contribution in [0.15, 0.2) is 47.4 Å². The van der Waals surface area contributed by atoms with Gasteiger partial charge in [-0.2, -0.15) is 4.31 Å². The second kappa shape index (κ2) is 8.65. The first-order chi connectivity index (χ1) is 14.5. The fourth-order valence-corrected chi connectivity index (χ4v) is 5.46. The second-order valence-corrected chi connectivity index (χ2v) is 9.53. The number of fused-ring (bicyclic) bond motifs is 1. The van der Waals surface area contributed by atoms with Crippen LogP contribution < -0.4 is 14.8 Å². The molecule has 2 heterocycles. The Labute approximate surface area is 177 Å². The number of ether oxygens (including phenoxy) is 2. The highest BCUT2D eigenvalue weighted by Gasteiger charge is 2.30. The maximum Gasteiger partial charge on any atom is 0.265 e. The lowest BCUT2D eigenvalue weighted by molar-refractivity contribution is -0.122. The van der Waals surface area contributed by atoms with Crippen LogP contribution in [0.2, 0.25) is 0 Å². The van der Waals surface area contributed by atoms with Crippen molar-refractivity contribution < 1.29 is 22.7 Å². The SMILES string of the molecule is COc1ccc(S(=O)(=O)N2CCCCCC2)cc1NC(=O)[C@@H]1Cc2ccccc2O1. The number of benzene rings is 2. The number of hydrogen-bond donors (Lipinski definition) is 1. The van der Waals surface area contributed by atoms with Crippen molar-refractivity contribution in [3.63, 3.8) is 0 Å². The number of methoxy groups -OCH3 is 1. The van der Waals surface area contributed by atoms with Gasteiger partial charge in [0.15, 0.2) is 6.10 Å². The van der Waals surface area contributed by atoms with Gasteiger partial charge in [-0.1, -0.05) is 31.0 Å². The molecule has 0 saturated carbocycles. The summed E-state index contributed by atoms with van der Waals surface area (Å²) in [5.41, 5.74) is 1.29. The average molecular weight is 431 g/mol. The van der Waals surface area contributed by atoms with Crippen LogP contribution in [0.3, 0.4) is 0 Å². The van der Waals surface area contributed by atoms with E-state index < -0.39 is 16.1 Å². The molecule has 0 aromatic heterocycles. The normalized spacial score (nSPS) is 19.4. The van der Waals surface area contributed by atoms with E-state index in [1.165, 1.54) is 23.5 Å².